The number of halogens is 1. The van der Waals surface area contributed by atoms with Crippen molar-refractivity contribution in [3.8, 4) is 0 Å². The lowest BCUT2D eigenvalue weighted by Gasteiger charge is -2.07. The molecule has 0 bridgehead atoms. The number of nitrogens with one attached hydrogen (secondary N) is 1. The van der Waals surface area contributed by atoms with Gasteiger partial charge in [0.2, 0.25) is 5.91 Å². The Morgan fingerprint density at radius 1 is 1.00 bits per heavy atom. The van der Waals surface area contributed by atoms with Gasteiger partial charge < -0.3 is 5.32 Å². The van der Waals surface area contributed by atoms with Gasteiger partial charge in [-0.3, -0.25) is 4.79 Å². The second kappa shape index (κ2) is 7.28. The predicted octanol–water partition coefficient (Wildman–Crippen LogP) is 3.86. The van der Waals surface area contributed by atoms with Crippen LogP contribution in [0.3, 0.4) is 0 Å². The molecule has 0 spiro atoms. The van der Waals surface area contributed by atoms with Crippen LogP contribution in [-0.4, -0.2) is 12.5 Å². The summed E-state index contributed by atoms with van der Waals surface area (Å²) in [5.41, 5.74) is 4.70. The van der Waals surface area contributed by atoms with Gasteiger partial charge in [0.1, 0.15) is 0 Å². The number of hydrogen-bond acceptors (Lipinski definition) is 1. The number of hydrogen-bond donors (Lipinski definition) is 1. The fourth-order valence-electron chi connectivity index (χ4n) is 2.16. The van der Waals surface area contributed by atoms with E-state index < -0.39 is 0 Å². The van der Waals surface area contributed by atoms with Crippen molar-refractivity contribution in [2.24, 2.45) is 0 Å². The highest BCUT2D eigenvalue weighted by Gasteiger charge is 2.04. The van der Waals surface area contributed by atoms with Crippen molar-refractivity contribution in [2.45, 2.75) is 26.7 Å². The maximum atomic E-state index is 11.9. The number of carbonyl (C=O) groups is 1. The third kappa shape index (κ3) is 4.91. The van der Waals surface area contributed by atoms with E-state index in [4.69, 9.17) is 11.6 Å². The van der Waals surface area contributed by atoms with Gasteiger partial charge in [-0.1, -0.05) is 41.9 Å². The number of benzene rings is 2. The van der Waals surface area contributed by atoms with E-state index in [1.54, 1.807) is 0 Å². The van der Waals surface area contributed by atoms with Crippen LogP contribution < -0.4 is 5.32 Å². The van der Waals surface area contributed by atoms with Gasteiger partial charge in [0, 0.05) is 11.6 Å². The molecule has 2 nitrogen and oxygen atoms in total. The second-order valence-corrected chi connectivity index (χ2v) is 5.76. The Balaban J connectivity index is 1.79. The summed E-state index contributed by atoms with van der Waals surface area (Å²) < 4.78 is 0. The topological polar surface area (TPSA) is 29.1 Å². The Hall–Kier alpha value is -1.80. The number of aryl methyl sites for hydroxylation is 2. The first-order valence-electron chi connectivity index (χ1n) is 7.12. The summed E-state index contributed by atoms with van der Waals surface area (Å²) in [6, 6.07) is 13.9. The summed E-state index contributed by atoms with van der Waals surface area (Å²) in [7, 11) is 0. The maximum absolute atomic E-state index is 11.9. The normalized spacial score (nSPS) is 10.4. The highest BCUT2D eigenvalue weighted by Crippen LogP contribution is 2.11. The first-order valence-corrected chi connectivity index (χ1v) is 7.49. The number of amides is 1. The number of rotatable bonds is 5. The average molecular weight is 302 g/mol. The summed E-state index contributed by atoms with van der Waals surface area (Å²) in [4.78, 5) is 11.9. The van der Waals surface area contributed by atoms with Crippen LogP contribution >= 0.6 is 11.6 Å². The summed E-state index contributed by atoms with van der Waals surface area (Å²) >= 11 is 5.84. The van der Waals surface area contributed by atoms with Crippen molar-refractivity contribution in [3.05, 3.63) is 69.7 Å². The molecule has 0 heterocycles. The van der Waals surface area contributed by atoms with Gasteiger partial charge in [-0.15, -0.1) is 0 Å². The third-order valence-corrected chi connectivity index (χ3v) is 3.84. The molecule has 0 fully saturated rings. The highest BCUT2D eigenvalue weighted by molar-refractivity contribution is 6.30. The molecular weight excluding hydrogens is 282 g/mol. The van der Waals surface area contributed by atoms with E-state index in [1.807, 2.05) is 30.3 Å². The van der Waals surface area contributed by atoms with E-state index in [0.717, 1.165) is 17.0 Å². The Labute approximate surface area is 131 Å². The van der Waals surface area contributed by atoms with Crippen molar-refractivity contribution in [3.63, 3.8) is 0 Å². The van der Waals surface area contributed by atoms with E-state index in [1.165, 1.54) is 16.7 Å². The molecule has 0 radical (unpaired) electrons. The summed E-state index contributed by atoms with van der Waals surface area (Å²) in [5.74, 6) is 0.0622. The van der Waals surface area contributed by atoms with Crippen LogP contribution in [0.15, 0.2) is 42.5 Å². The van der Waals surface area contributed by atoms with Crippen molar-refractivity contribution in [1.82, 2.24) is 5.32 Å². The summed E-state index contributed by atoms with van der Waals surface area (Å²) in [6.45, 7) is 4.79. The first kappa shape index (κ1) is 15.6. The van der Waals surface area contributed by atoms with E-state index >= 15 is 0 Å². The molecule has 0 unspecified atom stereocenters. The van der Waals surface area contributed by atoms with Crippen LogP contribution in [0, 0.1) is 13.8 Å². The van der Waals surface area contributed by atoms with Crippen LogP contribution in [0.4, 0.5) is 0 Å². The zero-order valence-corrected chi connectivity index (χ0v) is 13.2. The molecule has 110 valence electrons. The molecule has 0 saturated carbocycles. The number of carbonyl (C=O) groups excluding carboxylic acids is 1. The van der Waals surface area contributed by atoms with E-state index in [2.05, 4.69) is 31.3 Å². The lowest BCUT2D eigenvalue weighted by Crippen LogP contribution is -2.27. The minimum atomic E-state index is 0.0622. The van der Waals surface area contributed by atoms with Gasteiger partial charge in [-0.05, 0) is 54.7 Å². The van der Waals surface area contributed by atoms with E-state index in [0.29, 0.717) is 13.0 Å². The summed E-state index contributed by atoms with van der Waals surface area (Å²) in [5, 5.41) is 3.69. The molecule has 0 aliphatic carbocycles. The van der Waals surface area contributed by atoms with Crippen LogP contribution in [0.25, 0.3) is 0 Å². The van der Waals surface area contributed by atoms with E-state index in [-0.39, 0.29) is 5.91 Å². The molecule has 1 N–H and O–H groups in total. The van der Waals surface area contributed by atoms with Crippen LogP contribution in [0.5, 0.6) is 0 Å². The molecular formula is C18H20ClNO. The molecule has 2 aromatic rings. The van der Waals surface area contributed by atoms with Crippen molar-refractivity contribution < 1.29 is 4.79 Å². The lowest BCUT2D eigenvalue weighted by atomic mass is 10.0. The average Bonchev–Trinajstić information content (AvgIpc) is 2.45. The van der Waals surface area contributed by atoms with Crippen molar-refractivity contribution in [1.29, 1.82) is 0 Å². The molecule has 2 aromatic carbocycles. The molecule has 1 amide bonds. The van der Waals surface area contributed by atoms with E-state index in [9.17, 15) is 4.79 Å². The van der Waals surface area contributed by atoms with Crippen molar-refractivity contribution in [2.75, 3.05) is 6.54 Å². The summed E-state index contributed by atoms with van der Waals surface area (Å²) in [6.07, 6.45) is 1.25. The molecule has 0 saturated heterocycles. The predicted molar refractivity (Wildman–Crippen MR) is 87.8 cm³/mol. The first-order chi connectivity index (χ1) is 10.0. The van der Waals surface area contributed by atoms with Crippen LogP contribution in [0.2, 0.25) is 5.02 Å². The third-order valence-electron chi connectivity index (χ3n) is 3.59. The zero-order chi connectivity index (χ0) is 15.2. The van der Waals surface area contributed by atoms with Gasteiger partial charge in [0.05, 0.1) is 6.42 Å². The Morgan fingerprint density at radius 3 is 2.33 bits per heavy atom. The molecule has 0 aromatic heterocycles. The molecule has 0 aliphatic heterocycles. The van der Waals surface area contributed by atoms with Gasteiger partial charge in [-0.25, -0.2) is 0 Å². The monoisotopic (exact) mass is 301 g/mol. The Morgan fingerprint density at radius 2 is 1.67 bits per heavy atom. The SMILES string of the molecule is Cc1ccc(CC(=O)NCCc2ccc(Cl)cc2)cc1C. The van der Waals surface area contributed by atoms with Gasteiger partial charge >= 0.3 is 0 Å². The molecule has 0 atom stereocenters. The minimum absolute atomic E-state index is 0.0622. The quantitative estimate of drug-likeness (QED) is 0.893. The highest BCUT2D eigenvalue weighted by atomic mass is 35.5. The molecule has 0 aliphatic rings. The maximum Gasteiger partial charge on any atom is 0.224 e. The molecule has 3 heteroatoms. The second-order valence-electron chi connectivity index (χ2n) is 5.32. The van der Waals surface area contributed by atoms with Gasteiger partial charge in [-0.2, -0.15) is 0 Å². The van der Waals surface area contributed by atoms with Crippen LogP contribution in [-0.2, 0) is 17.6 Å². The van der Waals surface area contributed by atoms with Crippen LogP contribution in [0.1, 0.15) is 22.3 Å². The van der Waals surface area contributed by atoms with Crippen molar-refractivity contribution >= 4 is 17.5 Å². The Kier molecular flexibility index (Phi) is 5.40. The largest absolute Gasteiger partial charge is 0.355 e. The molecule has 2 rings (SSSR count). The standard InChI is InChI=1S/C18H20ClNO/c1-13-3-4-16(11-14(13)2)12-18(21)20-10-9-15-5-7-17(19)8-6-15/h3-8,11H,9-10,12H2,1-2H3,(H,20,21). The van der Waals surface area contributed by atoms with Gasteiger partial charge in [0.15, 0.2) is 0 Å². The Bertz CT molecular complexity index is 620. The zero-order valence-electron chi connectivity index (χ0n) is 12.4. The molecule has 21 heavy (non-hydrogen) atoms. The van der Waals surface area contributed by atoms with Gasteiger partial charge in [0.25, 0.3) is 0 Å². The minimum Gasteiger partial charge on any atom is -0.355 e. The fraction of sp³-hybridized carbons (Fsp3) is 0.278. The lowest BCUT2D eigenvalue weighted by molar-refractivity contribution is -0.120. The smallest absolute Gasteiger partial charge is 0.224 e. The fourth-order valence-corrected chi connectivity index (χ4v) is 2.28.